The summed E-state index contributed by atoms with van der Waals surface area (Å²) in [5, 5.41) is 10.6. The fourth-order valence-electron chi connectivity index (χ4n) is 2.10. The smallest absolute Gasteiger partial charge is 0.125 e. The molecule has 0 aliphatic carbocycles. The predicted octanol–water partition coefficient (Wildman–Crippen LogP) is 2.92. The van der Waals surface area contributed by atoms with Crippen molar-refractivity contribution in [3.8, 4) is 11.4 Å². The maximum Gasteiger partial charge on any atom is 0.125 e. The Hall–Kier alpha value is -2.42. The number of hydrogen-bond donors (Lipinski definition) is 2. The molecule has 0 bridgehead atoms. The first-order valence-electron chi connectivity index (χ1n) is 5.42. The van der Waals surface area contributed by atoms with E-state index in [0.29, 0.717) is 5.82 Å². The fraction of sp³-hybridized carbons (Fsp3) is 0. The van der Waals surface area contributed by atoms with Crippen LogP contribution in [0.3, 0.4) is 0 Å². The lowest BCUT2D eigenvalue weighted by atomic mass is 10.2. The quantitative estimate of drug-likeness (QED) is 0.667. The Bertz CT molecular complexity index is 671. The van der Waals surface area contributed by atoms with Crippen molar-refractivity contribution >= 4 is 16.7 Å². The minimum atomic E-state index is 0.254. The first-order chi connectivity index (χ1) is 8.27. The second kappa shape index (κ2) is 3.56. The normalized spacial score (nSPS) is 10.8. The topological polar surface area (TPSA) is 51.2 Å². The molecule has 0 atom stereocenters. The van der Waals surface area contributed by atoms with Crippen molar-refractivity contribution in [2.75, 3.05) is 5.73 Å². The maximum atomic E-state index is 9.79. The highest BCUT2D eigenvalue weighted by Gasteiger charge is 2.09. The number of nitrogen functional groups attached to an aromatic ring is 1. The summed E-state index contributed by atoms with van der Waals surface area (Å²) in [6.07, 6.45) is 0. The number of aromatic hydroxyl groups is 1. The third-order valence-electron chi connectivity index (χ3n) is 2.87. The van der Waals surface area contributed by atoms with Crippen LogP contribution in [0.4, 0.5) is 5.82 Å². The molecule has 0 radical (unpaired) electrons. The number of phenols is 1. The van der Waals surface area contributed by atoms with Gasteiger partial charge in [-0.3, -0.25) is 4.57 Å². The molecule has 3 heteroatoms. The number of hydrogen-bond acceptors (Lipinski definition) is 2. The molecule has 0 amide bonds. The van der Waals surface area contributed by atoms with Crippen molar-refractivity contribution in [2.24, 2.45) is 0 Å². The highest BCUT2D eigenvalue weighted by atomic mass is 16.3. The van der Waals surface area contributed by atoms with Gasteiger partial charge in [0.1, 0.15) is 11.6 Å². The molecular formula is C14H12N2O. The molecule has 0 fully saturated rings. The molecule has 3 nitrogen and oxygen atoms in total. The highest BCUT2D eigenvalue weighted by molar-refractivity contribution is 5.91. The summed E-state index contributed by atoms with van der Waals surface area (Å²) in [6.45, 7) is 0. The van der Waals surface area contributed by atoms with Gasteiger partial charge in [-0.15, -0.1) is 0 Å². The molecule has 1 heterocycles. The average molecular weight is 224 g/mol. The van der Waals surface area contributed by atoms with Gasteiger partial charge in [-0.25, -0.2) is 0 Å². The molecule has 0 aliphatic heterocycles. The SMILES string of the molecule is Nc1cc2c(O)cccc2n1-c1ccccc1. The zero-order chi connectivity index (χ0) is 11.8. The molecule has 3 aromatic rings. The lowest BCUT2D eigenvalue weighted by molar-refractivity contribution is 0.481. The second-order valence-corrected chi connectivity index (χ2v) is 3.95. The zero-order valence-corrected chi connectivity index (χ0v) is 9.17. The second-order valence-electron chi connectivity index (χ2n) is 3.95. The van der Waals surface area contributed by atoms with Gasteiger partial charge in [0.25, 0.3) is 0 Å². The Morgan fingerprint density at radius 3 is 2.47 bits per heavy atom. The van der Waals surface area contributed by atoms with Gasteiger partial charge in [0.05, 0.1) is 5.52 Å². The molecule has 2 aromatic carbocycles. The molecule has 0 spiro atoms. The summed E-state index contributed by atoms with van der Waals surface area (Å²) in [4.78, 5) is 0. The Morgan fingerprint density at radius 2 is 1.71 bits per heavy atom. The van der Waals surface area contributed by atoms with E-state index in [0.717, 1.165) is 16.6 Å². The van der Waals surface area contributed by atoms with E-state index in [1.807, 2.05) is 47.0 Å². The van der Waals surface area contributed by atoms with E-state index in [2.05, 4.69) is 0 Å². The summed E-state index contributed by atoms with van der Waals surface area (Å²) in [7, 11) is 0. The van der Waals surface area contributed by atoms with Crippen LogP contribution in [-0.2, 0) is 0 Å². The minimum Gasteiger partial charge on any atom is -0.507 e. The Balaban J connectivity index is 2.37. The number of para-hydroxylation sites is 1. The molecule has 0 saturated heterocycles. The Kier molecular flexibility index (Phi) is 2.05. The van der Waals surface area contributed by atoms with Gasteiger partial charge >= 0.3 is 0 Å². The minimum absolute atomic E-state index is 0.254. The fourth-order valence-corrected chi connectivity index (χ4v) is 2.10. The molecule has 0 unspecified atom stereocenters. The predicted molar refractivity (Wildman–Crippen MR) is 69.4 cm³/mol. The van der Waals surface area contributed by atoms with E-state index in [1.54, 1.807) is 12.1 Å². The highest BCUT2D eigenvalue weighted by Crippen LogP contribution is 2.31. The molecule has 17 heavy (non-hydrogen) atoms. The Labute approximate surface area is 98.7 Å². The van der Waals surface area contributed by atoms with Crippen molar-refractivity contribution in [3.63, 3.8) is 0 Å². The van der Waals surface area contributed by atoms with Crippen molar-refractivity contribution in [3.05, 3.63) is 54.6 Å². The van der Waals surface area contributed by atoms with Gasteiger partial charge in [-0.2, -0.15) is 0 Å². The lowest BCUT2D eigenvalue weighted by Crippen LogP contribution is -1.98. The van der Waals surface area contributed by atoms with Crippen LogP contribution in [0.5, 0.6) is 5.75 Å². The largest absolute Gasteiger partial charge is 0.507 e. The van der Waals surface area contributed by atoms with Crippen molar-refractivity contribution < 1.29 is 5.11 Å². The number of rotatable bonds is 1. The van der Waals surface area contributed by atoms with E-state index in [1.165, 1.54) is 0 Å². The molecule has 0 saturated carbocycles. The molecule has 0 aliphatic rings. The number of anilines is 1. The van der Waals surface area contributed by atoms with E-state index in [4.69, 9.17) is 5.73 Å². The van der Waals surface area contributed by atoms with E-state index < -0.39 is 0 Å². The van der Waals surface area contributed by atoms with Gasteiger partial charge in [0, 0.05) is 11.1 Å². The summed E-state index contributed by atoms with van der Waals surface area (Å²) >= 11 is 0. The standard InChI is InChI=1S/C14H12N2O/c15-14-9-11-12(7-4-8-13(11)17)16(14)10-5-2-1-3-6-10/h1-9,17H,15H2. The molecule has 1 aromatic heterocycles. The van der Waals surface area contributed by atoms with Crippen LogP contribution in [0.1, 0.15) is 0 Å². The first-order valence-corrected chi connectivity index (χ1v) is 5.42. The summed E-state index contributed by atoms with van der Waals surface area (Å²) in [5.41, 5.74) is 7.91. The van der Waals surface area contributed by atoms with Gasteiger partial charge in [-0.05, 0) is 30.3 Å². The van der Waals surface area contributed by atoms with E-state index in [-0.39, 0.29) is 5.75 Å². The van der Waals surface area contributed by atoms with Crippen LogP contribution < -0.4 is 5.73 Å². The zero-order valence-electron chi connectivity index (χ0n) is 9.17. The molecule has 3 rings (SSSR count). The monoisotopic (exact) mass is 224 g/mol. The molecule has 3 N–H and O–H groups in total. The third kappa shape index (κ3) is 1.44. The number of fused-ring (bicyclic) bond motifs is 1. The van der Waals surface area contributed by atoms with Crippen molar-refractivity contribution in [1.82, 2.24) is 4.57 Å². The number of nitrogens with zero attached hydrogens (tertiary/aromatic N) is 1. The summed E-state index contributed by atoms with van der Waals surface area (Å²) in [5.74, 6) is 0.872. The van der Waals surface area contributed by atoms with Gasteiger partial charge in [0.15, 0.2) is 0 Å². The maximum absolute atomic E-state index is 9.79. The van der Waals surface area contributed by atoms with Crippen LogP contribution in [-0.4, -0.2) is 9.67 Å². The van der Waals surface area contributed by atoms with Crippen LogP contribution in [0.25, 0.3) is 16.6 Å². The van der Waals surface area contributed by atoms with Crippen LogP contribution in [0.15, 0.2) is 54.6 Å². The van der Waals surface area contributed by atoms with Gasteiger partial charge in [0.2, 0.25) is 0 Å². The Morgan fingerprint density at radius 1 is 0.941 bits per heavy atom. The first kappa shape index (κ1) is 9.78. The average Bonchev–Trinajstić information content (AvgIpc) is 2.68. The summed E-state index contributed by atoms with van der Waals surface area (Å²) < 4.78 is 1.93. The number of nitrogens with two attached hydrogens (primary N) is 1. The summed E-state index contributed by atoms with van der Waals surface area (Å²) in [6, 6.07) is 17.1. The van der Waals surface area contributed by atoms with Crippen LogP contribution in [0, 0.1) is 0 Å². The van der Waals surface area contributed by atoms with Crippen molar-refractivity contribution in [1.29, 1.82) is 0 Å². The number of aromatic nitrogens is 1. The van der Waals surface area contributed by atoms with Crippen LogP contribution >= 0.6 is 0 Å². The van der Waals surface area contributed by atoms with E-state index >= 15 is 0 Å². The van der Waals surface area contributed by atoms with Gasteiger partial charge in [-0.1, -0.05) is 24.3 Å². The van der Waals surface area contributed by atoms with Crippen molar-refractivity contribution in [2.45, 2.75) is 0 Å². The molecule has 84 valence electrons. The number of benzene rings is 2. The van der Waals surface area contributed by atoms with Crippen LogP contribution in [0.2, 0.25) is 0 Å². The van der Waals surface area contributed by atoms with E-state index in [9.17, 15) is 5.11 Å². The molecular weight excluding hydrogens is 212 g/mol. The van der Waals surface area contributed by atoms with Gasteiger partial charge < -0.3 is 10.8 Å². The third-order valence-corrected chi connectivity index (χ3v) is 2.87. The number of phenolic OH excluding ortho intramolecular Hbond substituents is 1. The lowest BCUT2D eigenvalue weighted by Gasteiger charge is -2.07.